The molecule has 100 valence electrons. The highest BCUT2D eigenvalue weighted by Crippen LogP contribution is 2.27. The number of hydrogen-bond donors (Lipinski definition) is 1. The fourth-order valence-corrected chi connectivity index (χ4v) is 2.11. The van der Waals surface area contributed by atoms with Crippen molar-refractivity contribution in [3.05, 3.63) is 48.2 Å². The average Bonchev–Trinajstić information content (AvgIpc) is 2.47. The number of benzene rings is 1. The lowest BCUT2D eigenvalue weighted by Gasteiger charge is -2.26. The summed E-state index contributed by atoms with van der Waals surface area (Å²) in [5.74, 6) is 0. The lowest BCUT2D eigenvalue weighted by molar-refractivity contribution is -0.107. The number of anilines is 2. The van der Waals surface area contributed by atoms with Gasteiger partial charge < -0.3 is 15.1 Å². The molecule has 1 aromatic rings. The third-order valence-electron chi connectivity index (χ3n) is 3.15. The molecule has 0 aliphatic carbocycles. The van der Waals surface area contributed by atoms with E-state index in [2.05, 4.69) is 22.4 Å². The summed E-state index contributed by atoms with van der Waals surface area (Å²) in [7, 11) is 3.80. The highest BCUT2D eigenvalue weighted by Gasteiger charge is 2.11. The topological polar surface area (TPSA) is 35.6 Å². The number of nitrogens with zero attached hydrogens (tertiary/aromatic N) is 2. The van der Waals surface area contributed by atoms with Crippen molar-refractivity contribution in [3.8, 4) is 0 Å². The third-order valence-corrected chi connectivity index (χ3v) is 3.15. The predicted octanol–water partition coefficient (Wildman–Crippen LogP) is 1.76. The minimum Gasteiger partial charge on any atom is -0.387 e. The van der Waals surface area contributed by atoms with Gasteiger partial charge in [-0.3, -0.25) is 4.79 Å². The molecule has 0 bridgehead atoms. The molecule has 0 radical (unpaired) electrons. The van der Waals surface area contributed by atoms with E-state index in [1.165, 1.54) is 5.57 Å². The summed E-state index contributed by atoms with van der Waals surface area (Å²) in [5.41, 5.74) is 3.23. The Labute approximate surface area is 114 Å². The molecule has 0 aromatic heterocycles. The first-order valence-electron chi connectivity index (χ1n) is 6.29. The molecule has 4 nitrogen and oxygen atoms in total. The van der Waals surface area contributed by atoms with Crippen LogP contribution in [0.5, 0.6) is 0 Å². The van der Waals surface area contributed by atoms with Crippen LogP contribution in [0.1, 0.15) is 0 Å². The van der Waals surface area contributed by atoms with Crippen molar-refractivity contribution >= 4 is 17.8 Å². The molecule has 1 heterocycles. The van der Waals surface area contributed by atoms with Gasteiger partial charge in [-0.05, 0) is 30.0 Å². The molecule has 2 rings (SSSR count). The standard InChI is InChI=1S/C15H19N3O/c1-17(11-13-7-9-16-10-8-13)14-5-3-4-6-15(14)18(2)12-19/h3-9,12,16H,10-11H2,1-2H3. The number of amides is 1. The molecular weight excluding hydrogens is 238 g/mol. The molecule has 4 heteroatoms. The Bertz CT molecular complexity index is 508. The number of dihydropyridines is 1. The molecule has 1 N–H and O–H groups in total. The molecule has 0 saturated carbocycles. The second-order valence-corrected chi connectivity index (χ2v) is 4.58. The van der Waals surface area contributed by atoms with Crippen molar-refractivity contribution < 1.29 is 4.79 Å². The second kappa shape index (κ2) is 6.09. The smallest absolute Gasteiger partial charge is 0.213 e. The quantitative estimate of drug-likeness (QED) is 0.816. The Morgan fingerprint density at radius 3 is 2.63 bits per heavy atom. The fourth-order valence-electron chi connectivity index (χ4n) is 2.11. The largest absolute Gasteiger partial charge is 0.387 e. The van der Waals surface area contributed by atoms with E-state index in [-0.39, 0.29) is 0 Å². The zero-order valence-electron chi connectivity index (χ0n) is 11.3. The zero-order valence-corrected chi connectivity index (χ0v) is 11.3. The van der Waals surface area contributed by atoms with Gasteiger partial charge in [0.2, 0.25) is 6.41 Å². The summed E-state index contributed by atoms with van der Waals surface area (Å²) < 4.78 is 0. The van der Waals surface area contributed by atoms with Crippen molar-refractivity contribution in [1.82, 2.24) is 5.32 Å². The summed E-state index contributed by atoms with van der Waals surface area (Å²) in [6, 6.07) is 7.91. The maximum absolute atomic E-state index is 10.9. The third kappa shape index (κ3) is 3.16. The van der Waals surface area contributed by atoms with Gasteiger partial charge in [0.25, 0.3) is 0 Å². The van der Waals surface area contributed by atoms with Gasteiger partial charge in [-0.2, -0.15) is 0 Å². The van der Waals surface area contributed by atoms with Crippen LogP contribution in [0.25, 0.3) is 0 Å². The average molecular weight is 257 g/mol. The van der Waals surface area contributed by atoms with E-state index >= 15 is 0 Å². The van der Waals surface area contributed by atoms with E-state index in [1.807, 2.05) is 37.5 Å². The Morgan fingerprint density at radius 2 is 2.00 bits per heavy atom. The Balaban J connectivity index is 2.18. The first-order chi connectivity index (χ1) is 9.22. The van der Waals surface area contributed by atoms with Crippen molar-refractivity contribution in [2.45, 2.75) is 0 Å². The maximum atomic E-state index is 10.9. The van der Waals surface area contributed by atoms with Gasteiger partial charge >= 0.3 is 0 Å². The number of nitrogens with one attached hydrogen (secondary N) is 1. The van der Waals surface area contributed by atoms with Gasteiger partial charge in [0, 0.05) is 27.2 Å². The van der Waals surface area contributed by atoms with Crippen molar-refractivity contribution in [2.24, 2.45) is 0 Å². The molecule has 1 aromatic carbocycles. The monoisotopic (exact) mass is 257 g/mol. The van der Waals surface area contributed by atoms with Crippen LogP contribution in [0, 0.1) is 0 Å². The van der Waals surface area contributed by atoms with E-state index in [0.717, 1.165) is 30.9 Å². The summed E-state index contributed by atoms with van der Waals surface area (Å²) >= 11 is 0. The predicted molar refractivity (Wildman–Crippen MR) is 79.4 cm³/mol. The van der Waals surface area contributed by atoms with Gasteiger partial charge in [0.15, 0.2) is 0 Å². The molecule has 1 amide bonds. The van der Waals surface area contributed by atoms with Crippen LogP contribution in [0.15, 0.2) is 48.2 Å². The molecule has 0 spiro atoms. The fraction of sp³-hybridized carbons (Fsp3) is 0.267. The lowest BCUT2D eigenvalue weighted by Crippen LogP contribution is -2.25. The number of hydrogen-bond acceptors (Lipinski definition) is 3. The van der Waals surface area contributed by atoms with Crippen molar-refractivity contribution in [3.63, 3.8) is 0 Å². The van der Waals surface area contributed by atoms with E-state index in [9.17, 15) is 4.79 Å². The Hall–Kier alpha value is -2.23. The lowest BCUT2D eigenvalue weighted by atomic mass is 10.1. The van der Waals surface area contributed by atoms with Crippen LogP contribution >= 0.6 is 0 Å². The number of rotatable bonds is 5. The van der Waals surface area contributed by atoms with Crippen LogP contribution in [-0.4, -0.2) is 33.6 Å². The first-order valence-corrected chi connectivity index (χ1v) is 6.29. The van der Waals surface area contributed by atoms with Gasteiger partial charge in [0.1, 0.15) is 0 Å². The summed E-state index contributed by atoms with van der Waals surface area (Å²) in [6.45, 7) is 1.69. The highest BCUT2D eigenvalue weighted by atomic mass is 16.1. The molecule has 0 atom stereocenters. The second-order valence-electron chi connectivity index (χ2n) is 4.58. The summed E-state index contributed by atoms with van der Waals surface area (Å²) in [6.07, 6.45) is 7.04. The highest BCUT2D eigenvalue weighted by molar-refractivity contribution is 5.83. The zero-order chi connectivity index (χ0) is 13.7. The Kier molecular flexibility index (Phi) is 4.23. The molecular formula is C15H19N3O. The van der Waals surface area contributed by atoms with Crippen molar-refractivity contribution in [2.75, 3.05) is 37.0 Å². The van der Waals surface area contributed by atoms with E-state index < -0.39 is 0 Å². The number of carbonyl (C=O) groups is 1. The van der Waals surface area contributed by atoms with Gasteiger partial charge in [-0.1, -0.05) is 18.2 Å². The minimum atomic E-state index is 0.821. The number of likely N-dealkylation sites (N-methyl/N-ethyl adjacent to an activating group) is 1. The van der Waals surface area contributed by atoms with E-state index in [0.29, 0.717) is 0 Å². The van der Waals surface area contributed by atoms with Gasteiger partial charge in [0.05, 0.1) is 11.4 Å². The molecule has 1 aliphatic rings. The summed E-state index contributed by atoms with van der Waals surface area (Å²) in [5, 5.41) is 3.14. The van der Waals surface area contributed by atoms with Gasteiger partial charge in [-0.15, -0.1) is 0 Å². The van der Waals surface area contributed by atoms with Crippen LogP contribution in [0.3, 0.4) is 0 Å². The number of para-hydroxylation sites is 2. The molecule has 19 heavy (non-hydrogen) atoms. The SMILES string of the molecule is CN(C=O)c1ccccc1N(C)CC1=CCNC=C1. The minimum absolute atomic E-state index is 0.821. The van der Waals surface area contributed by atoms with Gasteiger partial charge in [-0.25, -0.2) is 0 Å². The number of carbonyl (C=O) groups excluding carboxylic acids is 1. The summed E-state index contributed by atoms with van der Waals surface area (Å²) in [4.78, 5) is 14.7. The molecule has 0 saturated heterocycles. The maximum Gasteiger partial charge on any atom is 0.213 e. The van der Waals surface area contributed by atoms with E-state index in [4.69, 9.17) is 0 Å². The van der Waals surface area contributed by atoms with Crippen LogP contribution in [-0.2, 0) is 4.79 Å². The normalized spacial score (nSPS) is 13.5. The molecule has 1 aliphatic heterocycles. The van der Waals surface area contributed by atoms with Crippen LogP contribution in [0.2, 0.25) is 0 Å². The van der Waals surface area contributed by atoms with Crippen LogP contribution < -0.4 is 15.1 Å². The van der Waals surface area contributed by atoms with E-state index in [1.54, 1.807) is 11.9 Å². The first kappa shape index (κ1) is 13.2. The molecule has 0 fully saturated rings. The molecule has 0 unspecified atom stereocenters. The van der Waals surface area contributed by atoms with Crippen molar-refractivity contribution in [1.29, 1.82) is 0 Å². The Morgan fingerprint density at radius 1 is 1.26 bits per heavy atom. The van der Waals surface area contributed by atoms with Crippen LogP contribution in [0.4, 0.5) is 11.4 Å².